The Bertz CT molecular complexity index is 306. The smallest absolute Gasteiger partial charge is 0.284 e. The molecule has 0 aliphatic carbocycles. The summed E-state index contributed by atoms with van der Waals surface area (Å²) in [5.41, 5.74) is 0. The molecule has 0 heterocycles. The molecule has 0 aromatic carbocycles. The second-order valence-electron chi connectivity index (χ2n) is 1.15. The predicted octanol–water partition coefficient (Wildman–Crippen LogP) is -1.71. The van der Waals surface area contributed by atoms with Gasteiger partial charge in [-0.1, -0.05) is 0 Å². The molecule has 0 saturated heterocycles. The molecule has 0 bridgehead atoms. The standard InChI is InChI=1S/H2O7S2.H2O3S/c1-8(2,3)7-9(4,5)6;1-4(2)3/h(H,1,2,3)(H,4,5,6);(H2,1,2,3). The lowest BCUT2D eigenvalue weighted by Crippen LogP contribution is -2.10. The first-order chi connectivity index (χ1) is 5.44. The van der Waals surface area contributed by atoms with Gasteiger partial charge in [-0.2, -0.15) is 21.0 Å². The lowest BCUT2D eigenvalue weighted by molar-refractivity contribution is 0.344. The van der Waals surface area contributed by atoms with Gasteiger partial charge in [-0.15, -0.1) is 3.63 Å². The van der Waals surface area contributed by atoms with Gasteiger partial charge in [0.2, 0.25) is 0 Å². The van der Waals surface area contributed by atoms with E-state index < -0.39 is 32.2 Å². The van der Waals surface area contributed by atoms with Crippen molar-refractivity contribution in [1.82, 2.24) is 0 Å². The molecule has 0 saturated carbocycles. The molecule has 0 atom stereocenters. The van der Waals surface area contributed by atoms with Crippen molar-refractivity contribution >= 4 is 32.2 Å². The Morgan fingerprint density at radius 2 is 1.08 bits per heavy atom. The maximum atomic E-state index is 9.44. The molecule has 0 rings (SSSR count). The Balaban J connectivity index is 0. The fourth-order valence-electron chi connectivity index (χ4n) is 0.109. The minimum atomic E-state index is -5.12. The van der Waals surface area contributed by atoms with E-state index in [0.29, 0.717) is 0 Å². The molecule has 0 unspecified atom stereocenters. The van der Waals surface area contributed by atoms with E-state index in [1.165, 1.54) is 0 Å². The van der Waals surface area contributed by atoms with Crippen molar-refractivity contribution in [3.63, 3.8) is 0 Å². The van der Waals surface area contributed by atoms with Crippen LogP contribution >= 0.6 is 0 Å². The Morgan fingerprint density at radius 3 is 1.08 bits per heavy atom. The molecule has 0 aliphatic rings. The van der Waals surface area contributed by atoms with Crippen molar-refractivity contribution in [2.75, 3.05) is 0 Å². The van der Waals surface area contributed by atoms with E-state index in [-0.39, 0.29) is 0 Å². The third kappa shape index (κ3) is 33.6. The third-order valence-electron chi connectivity index (χ3n) is 0.172. The van der Waals surface area contributed by atoms with Crippen LogP contribution in [0.25, 0.3) is 0 Å². The average Bonchev–Trinajstić information content (AvgIpc) is 1.47. The summed E-state index contributed by atoms with van der Waals surface area (Å²) in [5.74, 6) is 0. The first-order valence-corrected chi connectivity index (χ1v) is 5.69. The molecule has 82 valence electrons. The molecule has 4 N–H and O–H groups in total. The van der Waals surface area contributed by atoms with Crippen LogP contribution in [0.1, 0.15) is 0 Å². The van der Waals surface area contributed by atoms with Crippen LogP contribution < -0.4 is 0 Å². The summed E-state index contributed by atoms with van der Waals surface area (Å²) in [6, 6.07) is 0. The van der Waals surface area contributed by atoms with Crippen molar-refractivity contribution in [2.24, 2.45) is 0 Å². The highest BCUT2D eigenvalue weighted by molar-refractivity contribution is 7.94. The maximum absolute atomic E-state index is 9.44. The lowest BCUT2D eigenvalue weighted by atomic mass is 15.8. The molecule has 13 heteroatoms. The number of hydrogen-bond donors (Lipinski definition) is 4. The van der Waals surface area contributed by atoms with Gasteiger partial charge >= 0.3 is 20.8 Å². The zero-order chi connectivity index (χ0) is 11.3. The van der Waals surface area contributed by atoms with E-state index in [1.54, 1.807) is 0 Å². The van der Waals surface area contributed by atoms with Crippen molar-refractivity contribution in [2.45, 2.75) is 0 Å². The van der Waals surface area contributed by atoms with Gasteiger partial charge in [0.25, 0.3) is 11.4 Å². The topological polar surface area (TPSA) is 176 Å². The number of rotatable bonds is 2. The molecule has 0 spiro atoms. The summed E-state index contributed by atoms with van der Waals surface area (Å²) in [7, 11) is -10.2. The van der Waals surface area contributed by atoms with Crippen LogP contribution in [0.4, 0.5) is 0 Å². The van der Waals surface area contributed by atoms with Crippen LogP contribution in [0.3, 0.4) is 0 Å². The van der Waals surface area contributed by atoms with Crippen LogP contribution in [0, 0.1) is 0 Å². The van der Waals surface area contributed by atoms with Crippen LogP contribution in [-0.2, 0) is 35.8 Å². The van der Waals surface area contributed by atoms with E-state index in [9.17, 15) is 16.8 Å². The molecule has 0 radical (unpaired) electrons. The Hall–Kier alpha value is -0.150. The Morgan fingerprint density at radius 1 is 0.923 bits per heavy atom. The second kappa shape index (κ2) is 5.55. The fraction of sp³-hybridized carbons (Fsp3) is 0. The van der Waals surface area contributed by atoms with Gasteiger partial charge in [0, 0.05) is 0 Å². The molecule has 0 fully saturated rings. The van der Waals surface area contributed by atoms with Crippen molar-refractivity contribution in [3.8, 4) is 0 Å². The average molecular weight is 260 g/mol. The summed E-state index contributed by atoms with van der Waals surface area (Å²) in [6.45, 7) is 0. The molecule has 0 aromatic heterocycles. The first-order valence-electron chi connectivity index (χ1n) is 1.90. The van der Waals surface area contributed by atoms with Crippen molar-refractivity contribution < 1.29 is 42.9 Å². The van der Waals surface area contributed by atoms with E-state index in [0.717, 1.165) is 0 Å². The Labute approximate surface area is 75.5 Å². The van der Waals surface area contributed by atoms with Gasteiger partial charge in [-0.05, 0) is 0 Å². The second-order valence-corrected chi connectivity index (χ2v) is 3.87. The molecular formula is H4O10S3. The van der Waals surface area contributed by atoms with Gasteiger partial charge in [0.15, 0.2) is 0 Å². The fourth-order valence-corrected chi connectivity index (χ4v) is 0.978. The monoisotopic (exact) mass is 260 g/mol. The highest BCUT2D eigenvalue weighted by atomic mass is 32.3. The van der Waals surface area contributed by atoms with Crippen LogP contribution in [-0.4, -0.2) is 39.3 Å². The van der Waals surface area contributed by atoms with E-state index >= 15 is 0 Å². The maximum Gasteiger partial charge on any atom is 0.413 e. The molecule has 13 heavy (non-hydrogen) atoms. The highest BCUT2D eigenvalue weighted by Crippen LogP contribution is 1.91. The molecule has 10 nitrogen and oxygen atoms in total. The molecular weight excluding hydrogens is 256 g/mol. The SMILES string of the molecule is O=S(=O)(O)OS(=O)(=O)O.O=S(O)O. The van der Waals surface area contributed by atoms with E-state index in [1.807, 2.05) is 0 Å². The van der Waals surface area contributed by atoms with Gasteiger partial charge in [-0.3, -0.25) is 18.2 Å². The summed E-state index contributed by atoms with van der Waals surface area (Å²) >= 11 is -2.61. The highest BCUT2D eigenvalue weighted by Gasteiger charge is 2.15. The third-order valence-corrected chi connectivity index (χ3v) is 1.55. The van der Waals surface area contributed by atoms with Gasteiger partial charge in [0.1, 0.15) is 0 Å². The summed E-state index contributed by atoms with van der Waals surface area (Å²) in [6.07, 6.45) is 0. The van der Waals surface area contributed by atoms with Crippen molar-refractivity contribution in [1.29, 1.82) is 0 Å². The summed E-state index contributed by atoms with van der Waals surface area (Å²) in [4.78, 5) is 0. The van der Waals surface area contributed by atoms with Gasteiger partial charge in [-0.25, -0.2) is 0 Å². The minimum absolute atomic E-state index is 2.61. The van der Waals surface area contributed by atoms with Gasteiger partial charge < -0.3 is 0 Å². The lowest BCUT2D eigenvalue weighted by Gasteiger charge is -1.89. The molecule has 0 amide bonds. The minimum Gasteiger partial charge on any atom is -0.284 e. The summed E-state index contributed by atoms with van der Waals surface area (Å²) in [5, 5.41) is 0. The quantitative estimate of drug-likeness (QED) is 0.330. The zero-order valence-electron chi connectivity index (χ0n) is 5.46. The van der Waals surface area contributed by atoms with Gasteiger partial charge in [0.05, 0.1) is 0 Å². The molecule has 0 aliphatic heterocycles. The Kier molecular flexibility index (Phi) is 6.55. The van der Waals surface area contributed by atoms with Crippen LogP contribution in [0.15, 0.2) is 0 Å². The number of hydrogen-bond acceptors (Lipinski definition) is 6. The largest absolute Gasteiger partial charge is 0.413 e. The van der Waals surface area contributed by atoms with E-state index in [2.05, 4.69) is 3.63 Å². The van der Waals surface area contributed by atoms with Crippen LogP contribution in [0.2, 0.25) is 0 Å². The van der Waals surface area contributed by atoms with Crippen LogP contribution in [0.5, 0.6) is 0 Å². The first kappa shape index (κ1) is 15.3. The summed E-state index contributed by atoms with van der Waals surface area (Å²) < 4.78 is 78.4. The zero-order valence-corrected chi connectivity index (χ0v) is 7.91. The van der Waals surface area contributed by atoms with Crippen molar-refractivity contribution in [3.05, 3.63) is 0 Å². The normalized spacial score (nSPS) is 12.1. The molecule has 0 aromatic rings. The van der Waals surface area contributed by atoms with E-state index in [4.69, 9.17) is 22.4 Å². The predicted molar refractivity (Wildman–Crippen MR) is 37.6 cm³/mol.